The standard InChI is InChI=1S/C17H19BrFN7O5.C2H6/c18-11-9-10(1-2-12(11)19)22-15(23-29)13-14(25-31-24-13)20-3-4-21-16(27)17(28)26-5-7-30-8-6-26;1-2/h1-2,9,29H,3-8H2,(H,20,25)(H,21,27)(H,22,23);1-2H3. The topological polar surface area (TPSA) is 154 Å². The molecule has 1 saturated heterocycles. The highest BCUT2D eigenvalue weighted by molar-refractivity contribution is 9.10. The van der Waals surface area contributed by atoms with Crippen molar-refractivity contribution in [3.8, 4) is 0 Å². The summed E-state index contributed by atoms with van der Waals surface area (Å²) in [7, 11) is 0. The molecular formula is C19H25BrFN7O5. The van der Waals surface area contributed by atoms with Gasteiger partial charge in [-0.25, -0.2) is 14.0 Å². The van der Waals surface area contributed by atoms with Gasteiger partial charge in [-0.15, -0.1) is 0 Å². The summed E-state index contributed by atoms with van der Waals surface area (Å²) in [4.78, 5) is 29.6. The number of aromatic nitrogens is 2. The molecule has 0 unspecified atom stereocenters. The van der Waals surface area contributed by atoms with Crippen molar-refractivity contribution in [1.82, 2.24) is 26.0 Å². The Bertz CT molecular complexity index is 966. The smallest absolute Gasteiger partial charge is 0.312 e. The van der Waals surface area contributed by atoms with E-state index < -0.39 is 17.6 Å². The van der Waals surface area contributed by atoms with E-state index in [4.69, 9.17) is 4.74 Å². The van der Waals surface area contributed by atoms with Gasteiger partial charge in [-0.05, 0) is 44.4 Å². The number of ether oxygens (including phenoxy) is 1. The van der Waals surface area contributed by atoms with E-state index >= 15 is 0 Å². The van der Waals surface area contributed by atoms with Gasteiger partial charge in [0.05, 0.1) is 23.4 Å². The highest BCUT2D eigenvalue weighted by Gasteiger charge is 2.23. The van der Waals surface area contributed by atoms with Gasteiger partial charge in [0, 0.05) is 26.2 Å². The van der Waals surface area contributed by atoms with Gasteiger partial charge in [-0.1, -0.05) is 13.8 Å². The summed E-state index contributed by atoms with van der Waals surface area (Å²) in [5, 5.41) is 22.2. The van der Waals surface area contributed by atoms with Crippen LogP contribution < -0.4 is 16.1 Å². The fraction of sp³-hybridized carbons (Fsp3) is 0.421. The highest BCUT2D eigenvalue weighted by atomic mass is 79.9. The Morgan fingerprint density at radius 3 is 2.64 bits per heavy atom. The number of nitrogens with zero attached hydrogens (tertiary/aromatic N) is 4. The second kappa shape index (κ2) is 13.4. The Morgan fingerprint density at radius 1 is 1.24 bits per heavy atom. The van der Waals surface area contributed by atoms with Crippen LogP contribution in [0.1, 0.15) is 19.5 Å². The van der Waals surface area contributed by atoms with Gasteiger partial charge in [0.1, 0.15) is 5.82 Å². The van der Waals surface area contributed by atoms with Crippen LogP contribution in [0.15, 0.2) is 32.3 Å². The number of amidine groups is 1. The Hall–Kier alpha value is -3.10. The molecule has 1 aliphatic heterocycles. The summed E-state index contributed by atoms with van der Waals surface area (Å²) >= 11 is 3.06. The van der Waals surface area contributed by atoms with Crippen LogP contribution in [0.3, 0.4) is 0 Å². The van der Waals surface area contributed by atoms with E-state index in [1.54, 1.807) is 0 Å². The first-order chi connectivity index (χ1) is 16.0. The number of rotatable bonds is 6. The molecule has 2 aromatic rings. The third-order valence-corrected chi connectivity index (χ3v) is 4.77. The number of halogens is 2. The molecule has 0 aliphatic carbocycles. The predicted molar refractivity (Wildman–Crippen MR) is 120 cm³/mol. The van der Waals surface area contributed by atoms with Gasteiger partial charge < -0.3 is 20.3 Å². The van der Waals surface area contributed by atoms with E-state index in [0.29, 0.717) is 32.0 Å². The average Bonchev–Trinajstić information content (AvgIpc) is 3.32. The van der Waals surface area contributed by atoms with Crippen molar-refractivity contribution in [2.75, 3.05) is 44.7 Å². The van der Waals surface area contributed by atoms with Crippen molar-refractivity contribution in [2.45, 2.75) is 13.8 Å². The molecule has 1 aromatic carbocycles. The van der Waals surface area contributed by atoms with Crippen LogP contribution in [-0.2, 0) is 14.3 Å². The first-order valence-electron chi connectivity index (χ1n) is 10.1. The van der Waals surface area contributed by atoms with E-state index in [1.165, 1.54) is 23.1 Å². The lowest BCUT2D eigenvalue weighted by Crippen LogP contribution is -2.48. The number of carbonyl (C=O) groups is 2. The number of anilines is 1. The molecule has 4 N–H and O–H groups in total. The second-order valence-corrected chi connectivity index (χ2v) is 7.07. The number of hydrogen-bond donors (Lipinski definition) is 4. The predicted octanol–water partition coefficient (Wildman–Crippen LogP) is 1.44. The molecule has 1 aliphatic rings. The van der Waals surface area contributed by atoms with Crippen LogP contribution in [0, 0.1) is 5.82 Å². The lowest BCUT2D eigenvalue weighted by molar-refractivity contribution is -0.148. The van der Waals surface area contributed by atoms with Crippen molar-refractivity contribution in [1.29, 1.82) is 0 Å². The van der Waals surface area contributed by atoms with Gasteiger partial charge in [-0.2, -0.15) is 0 Å². The van der Waals surface area contributed by atoms with Crippen molar-refractivity contribution in [3.05, 3.63) is 34.2 Å². The minimum atomic E-state index is -0.719. The zero-order chi connectivity index (χ0) is 24.2. The summed E-state index contributed by atoms with van der Waals surface area (Å²) in [6.45, 7) is 5.86. The van der Waals surface area contributed by atoms with Crippen molar-refractivity contribution in [2.24, 2.45) is 4.99 Å². The number of hydrogen-bond acceptors (Lipinski definition) is 9. The third-order valence-electron chi connectivity index (χ3n) is 4.16. The van der Waals surface area contributed by atoms with E-state index in [0.717, 1.165) is 0 Å². The maximum Gasteiger partial charge on any atom is 0.312 e. The number of nitrogens with one attached hydrogen (secondary N) is 3. The maximum atomic E-state index is 13.4. The zero-order valence-electron chi connectivity index (χ0n) is 18.1. The molecule has 14 heteroatoms. The fourth-order valence-corrected chi connectivity index (χ4v) is 2.98. The van der Waals surface area contributed by atoms with E-state index in [2.05, 4.69) is 46.5 Å². The van der Waals surface area contributed by atoms with Gasteiger partial charge in [0.2, 0.25) is 5.82 Å². The number of hydroxylamine groups is 1. The fourth-order valence-electron chi connectivity index (χ4n) is 2.62. The van der Waals surface area contributed by atoms with Crippen molar-refractivity contribution < 1.29 is 28.6 Å². The molecule has 0 spiro atoms. The molecule has 0 bridgehead atoms. The van der Waals surface area contributed by atoms with Gasteiger partial charge in [0.25, 0.3) is 0 Å². The number of benzene rings is 1. The Morgan fingerprint density at radius 2 is 1.97 bits per heavy atom. The van der Waals surface area contributed by atoms with Crippen LogP contribution in [0.25, 0.3) is 0 Å². The molecule has 1 fully saturated rings. The molecule has 0 radical (unpaired) electrons. The van der Waals surface area contributed by atoms with Gasteiger partial charge >= 0.3 is 11.8 Å². The van der Waals surface area contributed by atoms with E-state index in [9.17, 15) is 19.2 Å². The Balaban J connectivity index is 0.00000187. The number of carbonyl (C=O) groups excluding carboxylic acids is 2. The Kier molecular flexibility index (Phi) is 10.7. The molecule has 1 aromatic heterocycles. The third kappa shape index (κ3) is 7.47. The molecule has 2 heterocycles. The van der Waals surface area contributed by atoms with Crippen molar-refractivity contribution in [3.63, 3.8) is 0 Å². The van der Waals surface area contributed by atoms with Crippen LogP contribution in [0.4, 0.5) is 15.9 Å². The SMILES string of the molecule is CC.O=C(NCCNc1nonc1C(=Nc1ccc(F)c(Br)c1)NO)C(=O)N1CCOCC1. The molecule has 0 saturated carbocycles. The summed E-state index contributed by atoms with van der Waals surface area (Å²) in [6, 6.07) is 4.02. The number of morpholine rings is 1. The summed E-state index contributed by atoms with van der Waals surface area (Å²) in [5.74, 6) is -1.76. The Labute approximate surface area is 197 Å². The van der Waals surface area contributed by atoms with Gasteiger partial charge in [-0.3, -0.25) is 20.3 Å². The van der Waals surface area contributed by atoms with Crippen LogP contribution in [-0.4, -0.2) is 77.5 Å². The molecular weight excluding hydrogens is 505 g/mol. The molecule has 2 amide bonds. The molecule has 33 heavy (non-hydrogen) atoms. The zero-order valence-corrected chi connectivity index (χ0v) is 19.7. The second-order valence-electron chi connectivity index (χ2n) is 6.22. The monoisotopic (exact) mass is 529 g/mol. The first-order valence-corrected chi connectivity index (χ1v) is 10.9. The molecule has 0 atom stereocenters. The first kappa shape index (κ1) is 26.2. The van der Waals surface area contributed by atoms with E-state index in [1.807, 2.05) is 19.3 Å². The molecule has 3 rings (SSSR count). The van der Waals surface area contributed by atoms with Gasteiger partial charge in [0.15, 0.2) is 11.5 Å². The number of aliphatic imine (C=N–C) groups is 1. The molecule has 12 nitrogen and oxygen atoms in total. The lowest BCUT2D eigenvalue weighted by atomic mass is 10.3. The summed E-state index contributed by atoms with van der Waals surface area (Å²) < 4.78 is 23.4. The van der Waals surface area contributed by atoms with Crippen molar-refractivity contribution >= 4 is 45.1 Å². The minimum absolute atomic E-state index is 0.0543. The lowest BCUT2D eigenvalue weighted by Gasteiger charge is -2.26. The highest BCUT2D eigenvalue weighted by Crippen LogP contribution is 2.23. The maximum absolute atomic E-state index is 13.4. The average molecular weight is 530 g/mol. The largest absolute Gasteiger partial charge is 0.378 e. The van der Waals surface area contributed by atoms with E-state index in [-0.39, 0.29) is 34.9 Å². The molecule has 180 valence electrons. The van der Waals surface area contributed by atoms with Crippen LogP contribution in [0.5, 0.6) is 0 Å². The minimum Gasteiger partial charge on any atom is -0.378 e. The normalized spacial score (nSPS) is 13.6. The number of amides is 2. The van der Waals surface area contributed by atoms with Crippen LogP contribution >= 0.6 is 15.9 Å². The van der Waals surface area contributed by atoms with Crippen LogP contribution in [0.2, 0.25) is 0 Å². The summed E-state index contributed by atoms with van der Waals surface area (Å²) in [6.07, 6.45) is 0. The quantitative estimate of drug-likeness (QED) is 0.143. The summed E-state index contributed by atoms with van der Waals surface area (Å²) in [5.41, 5.74) is 2.28.